The summed E-state index contributed by atoms with van der Waals surface area (Å²) in [6, 6.07) is 9.20. The van der Waals surface area contributed by atoms with Gasteiger partial charge in [0.2, 0.25) is 5.75 Å². The van der Waals surface area contributed by atoms with Crippen LogP contribution >= 0.6 is 0 Å². The van der Waals surface area contributed by atoms with Crippen LogP contribution in [0.15, 0.2) is 47.5 Å². The molecule has 0 aliphatic carbocycles. The highest BCUT2D eigenvalue weighted by Gasteiger charge is 2.27. The number of ether oxygens (including phenoxy) is 3. The average molecular weight is 422 g/mol. The molecule has 0 saturated carbocycles. The molecule has 0 unspecified atom stereocenters. The Labute approximate surface area is 180 Å². The highest BCUT2D eigenvalue weighted by Crippen LogP contribution is 2.39. The van der Waals surface area contributed by atoms with Gasteiger partial charge >= 0.3 is 0 Å². The summed E-state index contributed by atoms with van der Waals surface area (Å²) in [7, 11) is 4.83. The molecule has 0 spiro atoms. The number of hydrogen-bond acceptors (Lipinski definition) is 7. The van der Waals surface area contributed by atoms with E-state index in [4.69, 9.17) is 19.2 Å². The number of pyridine rings is 1. The maximum Gasteiger partial charge on any atom is 0.251 e. The minimum atomic E-state index is -0.146. The van der Waals surface area contributed by atoms with Crippen LogP contribution in [-0.4, -0.2) is 54.3 Å². The van der Waals surface area contributed by atoms with Gasteiger partial charge in [-0.1, -0.05) is 0 Å². The van der Waals surface area contributed by atoms with Crippen LogP contribution in [0.25, 0.3) is 11.3 Å². The quantitative estimate of drug-likeness (QED) is 0.626. The molecule has 2 aromatic heterocycles. The summed E-state index contributed by atoms with van der Waals surface area (Å²) in [6.07, 6.45) is 4.34. The third-order valence-electron chi connectivity index (χ3n) is 5.51. The lowest BCUT2D eigenvalue weighted by molar-refractivity contribution is 0.312. The van der Waals surface area contributed by atoms with E-state index in [9.17, 15) is 4.79 Å². The smallest absolute Gasteiger partial charge is 0.251 e. The van der Waals surface area contributed by atoms with E-state index in [0.29, 0.717) is 22.9 Å². The number of nitrogens with zero attached hydrogens (tertiary/aromatic N) is 3. The summed E-state index contributed by atoms with van der Waals surface area (Å²) in [4.78, 5) is 26.4. The number of benzene rings is 1. The number of H-pyrrole nitrogens is 1. The van der Waals surface area contributed by atoms with Gasteiger partial charge in [-0.15, -0.1) is 0 Å². The normalized spacial score (nSPS) is 16.3. The first kappa shape index (κ1) is 20.9. The van der Waals surface area contributed by atoms with Crippen LogP contribution < -0.4 is 19.8 Å². The third-order valence-corrected chi connectivity index (χ3v) is 5.51. The van der Waals surface area contributed by atoms with Crippen molar-refractivity contribution in [1.29, 1.82) is 0 Å². The van der Waals surface area contributed by atoms with Crippen molar-refractivity contribution in [2.45, 2.75) is 18.9 Å². The Morgan fingerprint density at radius 1 is 1.13 bits per heavy atom. The second-order valence-corrected chi connectivity index (χ2v) is 7.51. The molecule has 4 rings (SSSR count). The van der Waals surface area contributed by atoms with Crippen LogP contribution in [0.5, 0.6) is 17.2 Å². The molecule has 1 atom stereocenters. The Hall–Kier alpha value is -3.39. The molecule has 1 N–H and O–H groups in total. The first-order chi connectivity index (χ1) is 15.1. The minimum Gasteiger partial charge on any atom is -0.493 e. The monoisotopic (exact) mass is 422 g/mol. The van der Waals surface area contributed by atoms with Gasteiger partial charge in [0.15, 0.2) is 11.5 Å². The number of aromatic nitrogens is 3. The second kappa shape index (κ2) is 9.18. The van der Waals surface area contributed by atoms with Crippen molar-refractivity contribution >= 4 is 0 Å². The Morgan fingerprint density at radius 3 is 2.55 bits per heavy atom. The van der Waals surface area contributed by atoms with Crippen molar-refractivity contribution < 1.29 is 14.2 Å². The van der Waals surface area contributed by atoms with Gasteiger partial charge in [-0.25, -0.2) is 4.98 Å². The molecule has 1 fully saturated rings. The fourth-order valence-electron chi connectivity index (χ4n) is 4.02. The second-order valence-electron chi connectivity index (χ2n) is 7.51. The van der Waals surface area contributed by atoms with Crippen LogP contribution in [0, 0.1) is 0 Å². The van der Waals surface area contributed by atoms with E-state index in [2.05, 4.69) is 14.9 Å². The van der Waals surface area contributed by atoms with Crippen LogP contribution in [0.2, 0.25) is 0 Å². The lowest BCUT2D eigenvalue weighted by Crippen LogP contribution is -2.21. The van der Waals surface area contributed by atoms with Crippen molar-refractivity contribution in [2.75, 3.05) is 34.4 Å². The molecule has 3 aromatic rings. The number of likely N-dealkylation sites (tertiary alicyclic amines) is 1. The number of aromatic amines is 1. The molecule has 1 saturated heterocycles. The summed E-state index contributed by atoms with van der Waals surface area (Å²) < 4.78 is 16.3. The zero-order chi connectivity index (χ0) is 21.8. The molecule has 1 aliphatic heterocycles. The van der Waals surface area contributed by atoms with E-state index >= 15 is 0 Å². The van der Waals surface area contributed by atoms with Gasteiger partial charge in [-0.3, -0.25) is 14.7 Å². The van der Waals surface area contributed by atoms with E-state index in [1.807, 2.05) is 24.3 Å². The summed E-state index contributed by atoms with van der Waals surface area (Å²) in [5.41, 5.74) is 2.41. The van der Waals surface area contributed by atoms with Gasteiger partial charge in [0.05, 0.1) is 27.0 Å². The van der Waals surface area contributed by atoms with Crippen LogP contribution in [0.3, 0.4) is 0 Å². The van der Waals surface area contributed by atoms with E-state index in [1.165, 1.54) is 6.07 Å². The fraction of sp³-hybridized carbons (Fsp3) is 0.348. The highest BCUT2D eigenvalue weighted by molar-refractivity contribution is 5.57. The van der Waals surface area contributed by atoms with E-state index in [1.54, 1.807) is 33.7 Å². The number of rotatable bonds is 7. The third kappa shape index (κ3) is 4.54. The summed E-state index contributed by atoms with van der Waals surface area (Å²) in [6.45, 7) is 2.44. The maximum atomic E-state index is 12.2. The molecule has 0 amide bonds. The van der Waals surface area contributed by atoms with Crippen molar-refractivity contribution in [2.24, 2.45) is 0 Å². The molecule has 1 aromatic carbocycles. The molecule has 8 nitrogen and oxygen atoms in total. The molecular formula is C23H26N4O4. The van der Waals surface area contributed by atoms with E-state index in [-0.39, 0.29) is 11.5 Å². The minimum absolute atomic E-state index is 0.146. The average Bonchev–Trinajstić information content (AvgIpc) is 3.27. The SMILES string of the molecule is COc1cc(CN2CC[C@H](c3nc(-c4cccnc4)cc(=O)[nH]3)C2)cc(OC)c1OC. The molecular weight excluding hydrogens is 396 g/mol. The fourth-order valence-corrected chi connectivity index (χ4v) is 4.02. The summed E-state index contributed by atoms with van der Waals surface area (Å²) in [5.74, 6) is 2.75. The van der Waals surface area contributed by atoms with Gasteiger partial charge in [0.25, 0.3) is 5.56 Å². The summed E-state index contributed by atoms with van der Waals surface area (Å²) >= 11 is 0. The predicted octanol–water partition coefficient (Wildman–Crippen LogP) is 2.85. The van der Waals surface area contributed by atoms with Gasteiger partial charge in [0, 0.05) is 43.0 Å². The van der Waals surface area contributed by atoms with E-state index in [0.717, 1.165) is 43.0 Å². The van der Waals surface area contributed by atoms with Crippen molar-refractivity contribution in [3.8, 4) is 28.5 Å². The number of hydrogen-bond donors (Lipinski definition) is 1. The van der Waals surface area contributed by atoms with Crippen molar-refractivity contribution in [3.63, 3.8) is 0 Å². The van der Waals surface area contributed by atoms with Gasteiger partial charge in [0.1, 0.15) is 5.82 Å². The Bertz CT molecular complexity index is 1080. The first-order valence-electron chi connectivity index (χ1n) is 10.1. The lowest BCUT2D eigenvalue weighted by Gasteiger charge is -2.19. The maximum absolute atomic E-state index is 12.2. The molecule has 0 bridgehead atoms. The topological polar surface area (TPSA) is 89.6 Å². The van der Waals surface area contributed by atoms with Gasteiger partial charge in [-0.05, 0) is 42.8 Å². The number of nitrogens with one attached hydrogen (secondary N) is 1. The van der Waals surface area contributed by atoms with Gasteiger partial charge < -0.3 is 19.2 Å². The number of methoxy groups -OCH3 is 3. The largest absolute Gasteiger partial charge is 0.493 e. The molecule has 31 heavy (non-hydrogen) atoms. The van der Waals surface area contributed by atoms with Crippen LogP contribution in [0.1, 0.15) is 23.7 Å². The molecule has 0 radical (unpaired) electrons. The molecule has 162 valence electrons. The van der Waals surface area contributed by atoms with Crippen molar-refractivity contribution in [3.05, 3.63) is 64.5 Å². The molecule has 3 heterocycles. The summed E-state index contributed by atoms with van der Waals surface area (Å²) in [5, 5.41) is 0. The Morgan fingerprint density at radius 2 is 1.90 bits per heavy atom. The zero-order valence-corrected chi connectivity index (χ0v) is 17.9. The molecule has 1 aliphatic rings. The van der Waals surface area contributed by atoms with Crippen molar-refractivity contribution in [1.82, 2.24) is 19.9 Å². The standard InChI is InChI=1S/C23H26N4O4/c1-29-19-9-15(10-20(30-2)22(19)31-3)13-27-8-6-17(14-27)23-25-18(11-21(28)26-23)16-5-4-7-24-12-16/h4-5,7,9-12,17H,6,8,13-14H2,1-3H3,(H,25,26,28)/t17-/m0/s1. The Kier molecular flexibility index (Phi) is 6.18. The van der Waals surface area contributed by atoms with Crippen LogP contribution in [0.4, 0.5) is 0 Å². The van der Waals surface area contributed by atoms with E-state index < -0.39 is 0 Å². The first-order valence-corrected chi connectivity index (χ1v) is 10.1. The molecule has 8 heteroatoms. The lowest BCUT2D eigenvalue weighted by atomic mass is 10.1. The zero-order valence-electron chi connectivity index (χ0n) is 17.9. The van der Waals surface area contributed by atoms with Gasteiger partial charge in [-0.2, -0.15) is 0 Å². The predicted molar refractivity (Wildman–Crippen MR) is 117 cm³/mol. The highest BCUT2D eigenvalue weighted by atomic mass is 16.5. The van der Waals surface area contributed by atoms with Crippen LogP contribution in [-0.2, 0) is 6.54 Å². The Balaban J connectivity index is 1.52.